The van der Waals surface area contributed by atoms with E-state index in [0.29, 0.717) is 5.75 Å². The lowest BCUT2D eigenvalue weighted by Crippen LogP contribution is -2.38. The maximum absolute atomic E-state index is 10.0. The second kappa shape index (κ2) is 8.16. The number of nitrogens with zero attached hydrogens (tertiary/aromatic N) is 1. The summed E-state index contributed by atoms with van der Waals surface area (Å²) in [5.41, 5.74) is 0.985. The lowest BCUT2D eigenvalue weighted by molar-refractivity contribution is 0.191. The Morgan fingerprint density at radius 2 is 2.10 bits per heavy atom. The van der Waals surface area contributed by atoms with Crippen LogP contribution in [0.1, 0.15) is 44.7 Å². The predicted octanol–water partition coefficient (Wildman–Crippen LogP) is 3.93. The minimum absolute atomic E-state index is 0.214. The molecule has 0 radical (unpaired) electrons. The lowest BCUT2D eigenvalue weighted by Gasteiger charge is -2.30. The zero-order chi connectivity index (χ0) is 15.2. The predicted molar refractivity (Wildman–Crippen MR) is 91.7 cm³/mol. The van der Waals surface area contributed by atoms with Gasteiger partial charge in [-0.3, -0.25) is 0 Å². The smallest absolute Gasteiger partial charge is 0.120 e. The van der Waals surface area contributed by atoms with Gasteiger partial charge in [0.2, 0.25) is 0 Å². The highest BCUT2D eigenvalue weighted by Gasteiger charge is 2.17. The number of rotatable bonds is 6. The monoisotopic (exact) mass is 354 g/mol. The van der Waals surface area contributed by atoms with Crippen molar-refractivity contribution >= 4 is 15.9 Å². The third-order valence-corrected chi connectivity index (χ3v) is 4.96. The summed E-state index contributed by atoms with van der Waals surface area (Å²) < 4.78 is 1.01. The molecule has 1 aromatic rings. The van der Waals surface area contributed by atoms with E-state index in [1.165, 1.54) is 25.9 Å². The van der Waals surface area contributed by atoms with E-state index in [1.54, 1.807) is 6.07 Å². The normalized spacial score (nSPS) is 18.8. The quantitative estimate of drug-likeness (QED) is 0.812. The van der Waals surface area contributed by atoms with Gasteiger partial charge < -0.3 is 15.3 Å². The minimum atomic E-state index is 0.214. The van der Waals surface area contributed by atoms with Crippen molar-refractivity contribution in [2.45, 2.75) is 39.2 Å². The van der Waals surface area contributed by atoms with Gasteiger partial charge in [0.05, 0.1) is 0 Å². The van der Waals surface area contributed by atoms with E-state index in [-0.39, 0.29) is 6.04 Å². The molecule has 0 aromatic heterocycles. The van der Waals surface area contributed by atoms with Gasteiger partial charge in [-0.25, -0.2) is 0 Å². The standard InChI is InChI=1S/C17H27BrN2O/c1-3-16(15-12-14(18)4-5-17(15)21)19-8-11-20-9-6-13(2)7-10-20/h4-5,12-13,16,19,21H,3,6-11H2,1-2H3. The van der Waals surface area contributed by atoms with Crippen LogP contribution in [0.3, 0.4) is 0 Å². The first-order chi connectivity index (χ1) is 10.1. The first kappa shape index (κ1) is 16.8. The second-order valence-corrected chi connectivity index (χ2v) is 7.06. The maximum atomic E-state index is 10.0. The maximum Gasteiger partial charge on any atom is 0.120 e. The van der Waals surface area contributed by atoms with Gasteiger partial charge in [-0.2, -0.15) is 0 Å². The van der Waals surface area contributed by atoms with E-state index in [4.69, 9.17) is 0 Å². The largest absolute Gasteiger partial charge is 0.508 e. The Morgan fingerprint density at radius 3 is 2.76 bits per heavy atom. The number of halogens is 1. The molecule has 1 fully saturated rings. The third kappa shape index (κ3) is 4.97. The summed E-state index contributed by atoms with van der Waals surface area (Å²) in [7, 11) is 0. The Hall–Kier alpha value is -0.580. The molecule has 2 rings (SSSR count). The van der Waals surface area contributed by atoms with Crippen molar-refractivity contribution in [1.29, 1.82) is 0 Å². The lowest BCUT2D eigenvalue weighted by atomic mass is 9.99. The molecule has 0 spiro atoms. The molecule has 0 saturated carbocycles. The molecule has 1 aromatic carbocycles. The van der Waals surface area contributed by atoms with Crippen LogP contribution in [-0.4, -0.2) is 36.2 Å². The molecular weight excluding hydrogens is 328 g/mol. The minimum Gasteiger partial charge on any atom is -0.508 e. The highest BCUT2D eigenvalue weighted by Crippen LogP contribution is 2.29. The average molecular weight is 355 g/mol. The van der Waals surface area contributed by atoms with Crippen molar-refractivity contribution in [3.63, 3.8) is 0 Å². The number of likely N-dealkylation sites (tertiary alicyclic amines) is 1. The number of piperidine rings is 1. The summed E-state index contributed by atoms with van der Waals surface area (Å²) in [5.74, 6) is 1.26. The van der Waals surface area contributed by atoms with Gasteiger partial charge in [0, 0.05) is 29.2 Å². The summed E-state index contributed by atoms with van der Waals surface area (Å²) in [6, 6.07) is 5.86. The Morgan fingerprint density at radius 1 is 1.38 bits per heavy atom. The summed E-state index contributed by atoms with van der Waals surface area (Å²) >= 11 is 3.48. The topological polar surface area (TPSA) is 35.5 Å². The summed E-state index contributed by atoms with van der Waals surface area (Å²) in [6.07, 6.45) is 3.62. The van der Waals surface area contributed by atoms with Crippen LogP contribution in [-0.2, 0) is 0 Å². The average Bonchev–Trinajstić information content (AvgIpc) is 2.48. The van der Waals surface area contributed by atoms with Crippen LogP contribution >= 0.6 is 15.9 Å². The molecule has 118 valence electrons. The molecule has 1 atom stereocenters. The molecule has 1 heterocycles. The third-order valence-electron chi connectivity index (χ3n) is 4.47. The number of phenols is 1. The Bertz CT molecular complexity index is 444. The van der Waals surface area contributed by atoms with Gasteiger partial charge >= 0.3 is 0 Å². The van der Waals surface area contributed by atoms with E-state index < -0.39 is 0 Å². The second-order valence-electron chi connectivity index (χ2n) is 6.14. The first-order valence-electron chi connectivity index (χ1n) is 8.04. The molecule has 1 aliphatic heterocycles. The van der Waals surface area contributed by atoms with Crippen LogP contribution in [0.25, 0.3) is 0 Å². The molecule has 1 saturated heterocycles. The zero-order valence-corrected chi connectivity index (χ0v) is 14.7. The van der Waals surface area contributed by atoms with E-state index in [0.717, 1.165) is 35.5 Å². The number of hydrogen-bond donors (Lipinski definition) is 2. The van der Waals surface area contributed by atoms with Crippen LogP contribution in [0.15, 0.2) is 22.7 Å². The summed E-state index contributed by atoms with van der Waals surface area (Å²) in [6.45, 7) is 9.01. The molecule has 3 nitrogen and oxygen atoms in total. The van der Waals surface area contributed by atoms with E-state index in [9.17, 15) is 5.11 Å². The fourth-order valence-corrected chi connectivity index (χ4v) is 3.34. The van der Waals surface area contributed by atoms with Gasteiger partial charge in [0.15, 0.2) is 0 Å². The molecule has 1 unspecified atom stereocenters. The van der Waals surface area contributed by atoms with Gasteiger partial charge in [-0.05, 0) is 56.5 Å². The first-order valence-corrected chi connectivity index (χ1v) is 8.83. The Kier molecular flexibility index (Phi) is 6.52. The number of nitrogens with one attached hydrogen (secondary N) is 1. The molecule has 0 amide bonds. The van der Waals surface area contributed by atoms with E-state index in [1.807, 2.05) is 12.1 Å². The summed E-state index contributed by atoms with van der Waals surface area (Å²) in [5, 5.41) is 13.6. The highest BCUT2D eigenvalue weighted by atomic mass is 79.9. The number of benzene rings is 1. The van der Waals surface area contributed by atoms with Crippen molar-refractivity contribution < 1.29 is 5.11 Å². The van der Waals surface area contributed by atoms with Gasteiger partial charge in [-0.15, -0.1) is 0 Å². The van der Waals surface area contributed by atoms with E-state index >= 15 is 0 Å². The molecule has 1 aliphatic rings. The molecule has 4 heteroatoms. The highest BCUT2D eigenvalue weighted by molar-refractivity contribution is 9.10. The SMILES string of the molecule is CCC(NCCN1CCC(C)CC1)c1cc(Br)ccc1O. The van der Waals surface area contributed by atoms with Crippen LogP contribution in [0.4, 0.5) is 0 Å². The number of hydrogen-bond acceptors (Lipinski definition) is 3. The Labute approximate surface area is 136 Å². The molecule has 0 aliphatic carbocycles. The molecule has 0 bridgehead atoms. The molecule has 21 heavy (non-hydrogen) atoms. The van der Waals surface area contributed by atoms with Crippen molar-refractivity contribution in [3.05, 3.63) is 28.2 Å². The Balaban J connectivity index is 1.84. The van der Waals surface area contributed by atoms with Crippen LogP contribution in [0.2, 0.25) is 0 Å². The van der Waals surface area contributed by atoms with Crippen LogP contribution in [0, 0.1) is 5.92 Å². The van der Waals surface area contributed by atoms with Gasteiger partial charge in [-0.1, -0.05) is 29.8 Å². The van der Waals surface area contributed by atoms with E-state index in [2.05, 4.69) is 40.0 Å². The van der Waals surface area contributed by atoms with Crippen LogP contribution < -0.4 is 5.32 Å². The number of aromatic hydroxyl groups is 1. The number of phenolic OH excluding ortho intramolecular Hbond substituents is 1. The zero-order valence-electron chi connectivity index (χ0n) is 13.1. The fraction of sp³-hybridized carbons (Fsp3) is 0.647. The molecular formula is C17H27BrN2O. The van der Waals surface area contributed by atoms with Crippen molar-refractivity contribution in [3.8, 4) is 5.75 Å². The van der Waals surface area contributed by atoms with Crippen molar-refractivity contribution in [2.24, 2.45) is 5.92 Å². The van der Waals surface area contributed by atoms with Crippen molar-refractivity contribution in [1.82, 2.24) is 10.2 Å². The fourth-order valence-electron chi connectivity index (χ4n) is 2.96. The van der Waals surface area contributed by atoms with Crippen LogP contribution in [0.5, 0.6) is 5.75 Å². The van der Waals surface area contributed by atoms with Crippen molar-refractivity contribution in [2.75, 3.05) is 26.2 Å². The summed E-state index contributed by atoms with van der Waals surface area (Å²) in [4.78, 5) is 2.54. The van der Waals surface area contributed by atoms with Gasteiger partial charge in [0.25, 0.3) is 0 Å². The van der Waals surface area contributed by atoms with Gasteiger partial charge in [0.1, 0.15) is 5.75 Å². The molecule has 2 N–H and O–H groups in total.